The fourth-order valence-electron chi connectivity index (χ4n) is 3.04. The van der Waals surface area contributed by atoms with E-state index >= 15 is 0 Å². The fraction of sp³-hybridized carbons (Fsp3) is 0.722. The second-order valence-electron chi connectivity index (χ2n) is 5.79. The first-order chi connectivity index (χ1) is 11.0. The van der Waals surface area contributed by atoms with Gasteiger partial charge >= 0.3 is 5.97 Å². The number of allylic oxidation sites excluding steroid dienone is 1. The maximum absolute atomic E-state index is 11.6. The molecule has 0 radical (unpaired) electrons. The highest BCUT2D eigenvalue weighted by Gasteiger charge is 2.39. The molecule has 2 unspecified atom stereocenters. The summed E-state index contributed by atoms with van der Waals surface area (Å²) >= 11 is 0. The minimum atomic E-state index is -0.429. The van der Waals surface area contributed by atoms with Crippen molar-refractivity contribution >= 4 is 5.97 Å². The van der Waals surface area contributed by atoms with Gasteiger partial charge in [0, 0.05) is 20.1 Å². The van der Waals surface area contributed by atoms with Crippen molar-refractivity contribution in [3.8, 4) is 0 Å². The van der Waals surface area contributed by atoms with E-state index in [1.165, 1.54) is 13.2 Å². The van der Waals surface area contributed by atoms with Crippen LogP contribution in [0.4, 0.5) is 0 Å². The minimum Gasteiger partial charge on any atom is -0.483 e. The van der Waals surface area contributed by atoms with Crippen LogP contribution in [0, 0.1) is 5.92 Å². The Hall–Kier alpha value is -1.33. The molecule has 1 aliphatic rings. The summed E-state index contributed by atoms with van der Waals surface area (Å²) in [4.78, 5) is 11.6. The Kier molecular flexibility index (Phi) is 7.79. The number of carbonyl (C=O) groups excluding carboxylic acids is 1. The maximum atomic E-state index is 11.6. The molecule has 0 aromatic carbocycles. The van der Waals surface area contributed by atoms with Crippen LogP contribution in [0.15, 0.2) is 23.5 Å². The zero-order valence-corrected chi connectivity index (χ0v) is 15.2. The molecule has 0 saturated heterocycles. The van der Waals surface area contributed by atoms with Gasteiger partial charge in [-0.3, -0.25) is 0 Å². The van der Waals surface area contributed by atoms with Crippen molar-refractivity contribution in [1.29, 1.82) is 0 Å². The Morgan fingerprint density at radius 2 is 1.91 bits per heavy atom. The molecule has 2 atom stereocenters. The first kappa shape index (κ1) is 19.7. The van der Waals surface area contributed by atoms with E-state index < -0.39 is 11.6 Å². The molecule has 132 valence electrons. The molecule has 1 aliphatic heterocycles. The third-order valence-electron chi connectivity index (χ3n) is 4.48. The van der Waals surface area contributed by atoms with Crippen LogP contribution >= 0.6 is 0 Å². The number of hydrogen-bond donors (Lipinski definition) is 0. The maximum Gasteiger partial charge on any atom is 0.334 e. The average molecular weight is 326 g/mol. The highest BCUT2D eigenvalue weighted by atomic mass is 16.7. The summed E-state index contributed by atoms with van der Waals surface area (Å²) in [5.74, 6) is 0.421. The minimum absolute atomic E-state index is 0.205. The first-order valence-corrected chi connectivity index (χ1v) is 8.25. The molecule has 0 amide bonds. The molecular formula is C18H30O5. The normalized spacial score (nSPS) is 23.8. The molecule has 0 fully saturated rings. The molecule has 0 spiro atoms. The molecule has 5 nitrogen and oxygen atoms in total. The molecule has 0 aromatic heterocycles. The number of rotatable bonds is 9. The highest BCUT2D eigenvalue weighted by Crippen LogP contribution is 2.41. The monoisotopic (exact) mass is 326 g/mol. The van der Waals surface area contributed by atoms with Gasteiger partial charge in [0.25, 0.3) is 0 Å². The Bertz CT molecular complexity index is 450. The van der Waals surface area contributed by atoms with Crippen LogP contribution < -0.4 is 0 Å². The largest absolute Gasteiger partial charge is 0.483 e. The van der Waals surface area contributed by atoms with Gasteiger partial charge in [0.1, 0.15) is 11.4 Å². The molecule has 1 rings (SSSR count). The Morgan fingerprint density at radius 1 is 1.26 bits per heavy atom. The lowest BCUT2D eigenvalue weighted by atomic mass is 9.85. The van der Waals surface area contributed by atoms with Gasteiger partial charge in [0.15, 0.2) is 6.29 Å². The van der Waals surface area contributed by atoms with Crippen LogP contribution in [0.5, 0.6) is 0 Å². The zero-order valence-electron chi connectivity index (χ0n) is 15.2. The third kappa shape index (κ3) is 4.82. The van der Waals surface area contributed by atoms with Crippen molar-refractivity contribution in [1.82, 2.24) is 0 Å². The standard InChI is InChI=1S/C18H30O5/c1-7-13-11-18(9-3,23-15(13)10-16(19)20-4)12-14(8-2)17(21-5)22-6/h10-11,14,17H,7-9,12H2,1-6H3/b15-10-. The lowest BCUT2D eigenvalue weighted by molar-refractivity contribution is -0.149. The van der Waals surface area contributed by atoms with Crippen LogP contribution in [-0.4, -0.2) is 39.2 Å². The summed E-state index contributed by atoms with van der Waals surface area (Å²) in [5, 5.41) is 0. The van der Waals surface area contributed by atoms with Gasteiger partial charge < -0.3 is 18.9 Å². The van der Waals surface area contributed by atoms with E-state index in [0.717, 1.165) is 31.3 Å². The van der Waals surface area contributed by atoms with Crippen LogP contribution in [-0.2, 0) is 23.7 Å². The average Bonchev–Trinajstić information content (AvgIpc) is 2.92. The van der Waals surface area contributed by atoms with E-state index in [2.05, 4.69) is 26.8 Å². The van der Waals surface area contributed by atoms with Crippen molar-refractivity contribution in [3.63, 3.8) is 0 Å². The summed E-state index contributed by atoms with van der Waals surface area (Å²) in [6, 6.07) is 0. The predicted octanol–water partition coefficient (Wildman–Crippen LogP) is 3.59. The Morgan fingerprint density at radius 3 is 2.35 bits per heavy atom. The van der Waals surface area contributed by atoms with Gasteiger partial charge in [-0.15, -0.1) is 0 Å². The molecule has 5 heteroatoms. The second-order valence-corrected chi connectivity index (χ2v) is 5.79. The Labute approximate surface area is 139 Å². The van der Waals surface area contributed by atoms with Crippen molar-refractivity contribution in [2.45, 2.75) is 58.3 Å². The Balaban J connectivity index is 3.04. The predicted molar refractivity (Wildman–Crippen MR) is 88.8 cm³/mol. The lowest BCUT2D eigenvalue weighted by Gasteiger charge is -2.33. The van der Waals surface area contributed by atoms with E-state index in [4.69, 9.17) is 18.9 Å². The number of methoxy groups -OCH3 is 3. The van der Waals surface area contributed by atoms with E-state index in [0.29, 0.717) is 5.76 Å². The molecule has 0 saturated carbocycles. The SMILES string of the molecule is CCC1=CC(CC)(CC(CC)C(OC)OC)O/C1=C\C(=O)OC. The number of ether oxygens (including phenoxy) is 4. The summed E-state index contributed by atoms with van der Waals surface area (Å²) < 4.78 is 21.8. The van der Waals surface area contributed by atoms with Crippen LogP contribution in [0.1, 0.15) is 46.5 Å². The molecular weight excluding hydrogens is 296 g/mol. The number of esters is 1. The van der Waals surface area contributed by atoms with Gasteiger partial charge in [0.2, 0.25) is 0 Å². The van der Waals surface area contributed by atoms with Crippen molar-refractivity contribution in [3.05, 3.63) is 23.5 Å². The van der Waals surface area contributed by atoms with E-state index in [9.17, 15) is 4.79 Å². The summed E-state index contributed by atoms with van der Waals surface area (Å²) in [7, 11) is 4.67. The molecule has 0 N–H and O–H groups in total. The van der Waals surface area contributed by atoms with Gasteiger partial charge in [0.05, 0.1) is 13.2 Å². The zero-order chi connectivity index (χ0) is 17.5. The van der Waals surface area contributed by atoms with Crippen molar-refractivity contribution in [2.24, 2.45) is 5.92 Å². The van der Waals surface area contributed by atoms with Gasteiger partial charge in [-0.25, -0.2) is 4.79 Å². The van der Waals surface area contributed by atoms with Crippen molar-refractivity contribution in [2.75, 3.05) is 21.3 Å². The lowest BCUT2D eigenvalue weighted by Crippen LogP contribution is -2.35. The fourth-order valence-corrected chi connectivity index (χ4v) is 3.04. The number of carbonyl (C=O) groups is 1. The number of hydrogen-bond acceptors (Lipinski definition) is 5. The second kappa shape index (κ2) is 9.08. The third-order valence-corrected chi connectivity index (χ3v) is 4.48. The first-order valence-electron chi connectivity index (χ1n) is 8.25. The van der Waals surface area contributed by atoms with E-state index in [-0.39, 0.29) is 12.2 Å². The van der Waals surface area contributed by atoms with E-state index in [1.54, 1.807) is 14.2 Å². The highest BCUT2D eigenvalue weighted by molar-refractivity contribution is 5.83. The smallest absolute Gasteiger partial charge is 0.334 e. The van der Waals surface area contributed by atoms with Crippen LogP contribution in [0.3, 0.4) is 0 Å². The van der Waals surface area contributed by atoms with Gasteiger partial charge in [-0.2, -0.15) is 0 Å². The molecule has 0 aromatic rings. The molecule has 0 aliphatic carbocycles. The van der Waals surface area contributed by atoms with Gasteiger partial charge in [-0.1, -0.05) is 20.8 Å². The van der Waals surface area contributed by atoms with Crippen molar-refractivity contribution < 1.29 is 23.7 Å². The van der Waals surface area contributed by atoms with Crippen LogP contribution in [0.2, 0.25) is 0 Å². The summed E-state index contributed by atoms with van der Waals surface area (Å²) in [6.07, 6.45) is 6.62. The van der Waals surface area contributed by atoms with Gasteiger partial charge in [-0.05, 0) is 37.3 Å². The summed E-state index contributed by atoms with van der Waals surface area (Å²) in [6.45, 7) is 6.26. The topological polar surface area (TPSA) is 54.0 Å². The molecule has 1 heterocycles. The quantitative estimate of drug-likeness (QED) is 0.368. The van der Waals surface area contributed by atoms with E-state index in [1.807, 2.05) is 0 Å². The summed E-state index contributed by atoms with van der Waals surface area (Å²) in [5.41, 5.74) is 0.611. The molecule has 23 heavy (non-hydrogen) atoms. The van der Waals surface area contributed by atoms with Crippen LogP contribution in [0.25, 0.3) is 0 Å². The molecule has 0 bridgehead atoms.